The van der Waals surface area contributed by atoms with Crippen LogP contribution in [-0.4, -0.2) is 30.8 Å². The highest BCUT2D eigenvalue weighted by atomic mass is 19.1. The molecule has 140 valence electrons. The van der Waals surface area contributed by atoms with Crippen molar-refractivity contribution in [2.45, 2.75) is 19.4 Å². The van der Waals surface area contributed by atoms with Crippen LogP contribution < -0.4 is 16.1 Å². The molecule has 0 amide bonds. The van der Waals surface area contributed by atoms with E-state index < -0.39 is 11.4 Å². The number of ether oxygens (including phenoxy) is 1. The molecule has 3 heterocycles. The van der Waals surface area contributed by atoms with E-state index in [0.29, 0.717) is 16.8 Å². The van der Waals surface area contributed by atoms with E-state index in [1.54, 1.807) is 19.4 Å². The van der Waals surface area contributed by atoms with Crippen LogP contribution in [0.5, 0.6) is 5.75 Å². The van der Waals surface area contributed by atoms with E-state index in [1.165, 1.54) is 6.07 Å². The van der Waals surface area contributed by atoms with Crippen molar-refractivity contribution in [3.8, 4) is 5.75 Å². The number of aliphatic imine (C=N–C) groups is 1. The quantitative estimate of drug-likeness (QED) is 0.706. The van der Waals surface area contributed by atoms with E-state index in [9.17, 15) is 4.39 Å². The van der Waals surface area contributed by atoms with E-state index in [1.807, 2.05) is 46.0 Å². The Bertz CT molecular complexity index is 1110. The lowest BCUT2D eigenvalue weighted by Gasteiger charge is -2.29. The second-order valence-electron chi connectivity index (χ2n) is 7.00. The maximum absolute atomic E-state index is 14.7. The van der Waals surface area contributed by atoms with E-state index in [-0.39, 0.29) is 5.84 Å². The van der Waals surface area contributed by atoms with Gasteiger partial charge in [-0.2, -0.15) is 0 Å². The normalized spacial score (nSPS) is 17.9. The number of pyridine rings is 2. The topological polar surface area (TPSA) is 73.4 Å². The number of nitrogens with zero attached hydrogens (tertiary/aromatic N) is 3. The molecule has 1 atom stereocenters. The third kappa shape index (κ3) is 2.50. The summed E-state index contributed by atoms with van der Waals surface area (Å²) in [5, 5.41) is 0. The summed E-state index contributed by atoms with van der Waals surface area (Å²) in [5.41, 5.74) is 10.2. The van der Waals surface area contributed by atoms with Gasteiger partial charge in [0, 0.05) is 11.8 Å². The molecule has 0 saturated heterocycles. The second-order valence-corrected chi connectivity index (χ2v) is 7.00. The molecule has 2 aromatic heterocycles. The summed E-state index contributed by atoms with van der Waals surface area (Å²) in [5.74, 6) is 0.489. The third-order valence-electron chi connectivity index (χ3n) is 5.17. The number of amidine groups is 1. The molecule has 0 saturated carbocycles. The molecule has 0 aliphatic carbocycles. The summed E-state index contributed by atoms with van der Waals surface area (Å²) >= 11 is 0. The third-order valence-corrected chi connectivity index (χ3v) is 5.17. The first-order chi connectivity index (χ1) is 13.4. The number of methoxy groups -OCH3 is 1. The summed E-state index contributed by atoms with van der Waals surface area (Å²) in [6.45, 7) is 3.84. The molecule has 7 heteroatoms. The first-order valence-electron chi connectivity index (χ1n) is 8.99. The fourth-order valence-corrected chi connectivity index (χ4v) is 4.03. The van der Waals surface area contributed by atoms with Crippen LogP contribution in [-0.2, 0) is 5.54 Å². The lowest BCUT2D eigenvalue weighted by Crippen LogP contribution is -2.29. The van der Waals surface area contributed by atoms with Crippen molar-refractivity contribution >= 4 is 19.3 Å². The number of hydrogen-bond donors (Lipinski definition) is 1. The summed E-state index contributed by atoms with van der Waals surface area (Å²) in [6, 6.07) is 10.7. The SMILES string of the molecule is Bc1cc(C2(c3cc(C)c(OC)c(C)n3)N=C(N)c3c(F)cccc32)ccn1. The lowest BCUT2D eigenvalue weighted by atomic mass is 9.79. The van der Waals surface area contributed by atoms with Crippen LogP contribution in [0.15, 0.2) is 47.6 Å². The van der Waals surface area contributed by atoms with Crippen molar-refractivity contribution in [1.82, 2.24) is 9.97 Å². The average Bonchev–Trinajstić information content (AvgIpc) is 2.96. The van der Waals surface area contributed by atoms with Gasteiger partial charge in [0.2, 0.25) is 0 Å². The number of aromatic nitrogens is 2. The van der Waals surface area contributed by atoms with E-state index in [4.69, 9.17) is 20.4 Å². The predicted octanol–water partition coefficient (Wildman–Crippen LogP) is 1.51. The van der Waals surface area contributed by atoms with E-state index in [0.717, 1.165) is 28.2 Å². The number of nitrogens with two attached hydrogens (primary N) is 1. The summed E-state index contributed by atoms with van der Waals surface area (Å²) < 4.78 is 20.1. The van der Waals surface area contributed by atoms with Crippen LogP contribution in [0.4, 0.5) is 4.39 Å². The largest absolute Gasteiger partial charge is 0.495 e. The fourth-order valence-electron chi connectivity index (χ4n) is 4.03. The molecule has 0 fully saturated rings. The number of hydrogen-bond acceptors (Lipinski definition) is 5. The van der Waals surface area contributed by atoms with Gasteiger partial charge < -0.3 is 10.5 Å². The smallest absolute Gasteiger partial charge is 0.163 e. The monoisotopic (exact) mass is 374 g/mol. The first kappa shape index (κ1) is 18.2. The summed E-state index contributed by atoms with van der Waals surface area (Å²) in [4.78, 5) is 13.9. The Morgan fingerprint density at radius 3 is 2.64 bits per heavy atom. The predicted molar refractivity (Wildman–Crippen MR) is 110 cm³/mol. The Morgan fingerprint density at radius 1 is 1.18 bits per heavy atom. The Balaban J connectivity index is 2.12. The molecule has 0 radical (unpaired) electrons. The van der Waals surface area contributed by atoms with Crippen molar-refractivity contribution in [3.05, 3.63) is 82.1 Å². The number of rotatable bonds is 3. The van der Waals surface area contributed by atoms with Gasteiger partial charge in [0.15, 0.2) is 13.4 Å². The van der Waals surface area contributed by atoms with Gasteiger partial charge in [-0.25, -0.2) is 9.38 Å². The highest BCUT2D eigenvalue weighted by Crippen LogP contribution is 2.46. The van der Waals surface area contributed by atoms with Gasteiger partial charge in [0.1, 0.15) is 17.4 Å². The zero-order valence-corrected chi connectivity index (χ0v) is 16.2. The van der Waals surface area contributed by atoms with Crippen molar-refractivity contribution in [2.24, 2.45) is 10.7 Å². The molecule has 1 unspecified atom stereocenters. The second kappa shape index (κ2) is 6.44. The minimum Gasteiger partial charge on any atom is -0.495 e. The fraction of sp³-hybridized carbons (Fsp3) is 0.190. The van der Waals surface area contributed by atoms with Gasteiger partial charge in [-0.3, -0.25) is 9.97 Å². The van der Waals surface area contributed by atoms with Crippen molar-refractivity contribution in [3.63, 3.8) is 0 Å². The van der Waals surface area contributed by atoms with Crippen LogP contribution in [0.25, 0.3) is 0 Å². The molecule has 4 rings (SSSR count). The Labute approximate surface area is 163 Å². The molecule has 1 aliphatic rings. The average molecular weight is 374 g/mol. The molecule has 0 bridgehead atoms. The van der Waals surface area contributed by atoms with Crippen molar-refractivity contribution < 1.29 is 9.13 Å². The van der Waals surface area contributed by atoms with Crippen LogP contribution in [0.2, 0.25) is 0 Å². The minimum absolute atomic E-state index is 0.162. The molecule has 0 spiro atoms. The van der Waals surface area contributed by atoms with Crippen LogP contribution in [0.1, 0.15) is 33.6 Å². The molecular formula is C21H20BFN4O. The maximum Gasteiger partial charge on any atom is 0.163 e. The number of fused-ring (bicyclic) bond motifs is 1. The minimum atomic E-state index is -1.04. The molecule has 1 aromatic carbocycles. The lowest BCUT2D eigenvalue weighted by molar-refractivity contribution is 0.404. The van der Waals surface area contributed by atoms with Crippen LogP contribution >= 0.6 is 0 Å². The zero-order chi connectivity index (χ0) is 20.1. The Morgan fingerprint density at radius 2 is 1.96 bits per heavy atom. The molecular weight excluding hydrogens is 354 g/mol. The van der Waals surface area contributed by atoms with Crippen molar-refractivity contribution in [1.29, 1.82) is 0 Å². The van der Waals surface area contributed by atoms with Gasteiger partial charge in [0.05, 0.1) is 24.1 Å². The molecule has 5 nitrogen and oxygen atoms in total. The zero-order valence-electron chi connectivity index (χ0n) is 16.2. The molecule has 28 heavy (non-hydrogen) atoms. The van der Waals surface area contributed by atoms with Gasteiger partial charge in [-0.1, -0.05) is 12.1 Å². The van der Waals surface area contributed by atoms with E-state index in [2.05, 4.69) is 4.98 Å². The van der Waals surface area contributed by atoms with Gasteiger partial charge in [-0.15, -0.1) is 0 Å². The standard InChI is InChI=1S/C21H20BFN4O/c1-11-9-16(26-12(2)19(11)28-3)21(13-7-8-25-17(22)10-13)14-5-4-6-15(23)18(14)20(24)27-21/h4-10H,22H2,1-3H3,(H2,24,27). The molecule has 3 aromatic rings. The molecule has 2 N–H and O–H groups in total. The Hall–Kier alpha value is -3.22. The number of aryl methyl sites for hydroxylation is 2. The van der Waals surface area contributed by atoms with Gasteiger partial charge in [0.25, 0.3) is 0 Å². The van der Waals surface area contributed by atoms with E-state index >= 15 is 0 Å². The number of halogens is 1. The van der Waals surface area contributed by atoms with Crippen LogP contribution in [0.3, 0.4) is 0 Å². The van der Waals surface area contributed by atoms with Crippen LogP contribution in [0, 0.1) is 19.7 Å². The summed E-state index contributed by atoms with van der Waals surface area (Å²) in [7, 11) is 3.53. The van der Waals surface area contributed by atoms with Gasteiger partial charge >= 0.3 is 0 Å². The summed E-state index contributed by atoms with van der Waals surface area (Å²) in [6.07, 6.45) is 1.72. The Kier molecular flexibility index (Phi) is 4.18. The first-order valence-corrected chi connectivity index (χ1v) is 8.99. The maximum atomic E-state index is 14.7. The van der Waals surface area contributed by atoms with Gasteiger partial charge in [-0.05, 0) is 54.8 Å². The number of benzene rings is 1. The highest BCUT2D eigenvalue weighted by molar-refractivity contribution is 6.30. The highest BCUT2D eigenvalue weighted by Gasteiger charge is 2.45. The van der Waals surface area contributed by atoms with Crippen molar-refractivity contribution in [2.75, 3.05) is 7.11 Å². The molecule has 1 aliphatic heterocycles.